The Hall–Kier alpha value is -3.53. The summed E-state index contributed by atoms with van der Waals surface area (Å²) in [4.78, 5) is 24.0. The molecule has 156 valence electrons. The van der Waals surface area contributed by atoms with Gasteiger partial charge in [0.1, 0.15) is 11.4 Å². The van der Waals surface area contributed by atoms with Crippen LogP contribution in [0.4, 0.5) is 18.9 Å². The number of carbonyl (C=O) groups excluding carboxylic acids is 1. The van der Waals surface area contributed by atoms with Crippen molar-refractivity contribution >= 4 is 29.2 Å². The van der Waals surface area contributed by atoms with Crippen LogP contribution in [0.5, 0.6) is 5.75 Å². The summed E-state index contributed by atoms with van der Waals surface area (Å²) in [5.74, 6) is -2.11. The zero-order valence-corrected chi connectivity index (χ0v) is 16.0. The Balaban J connectivity index is 2.08. The molecular formula is C19H13ClF3N3O4. The molecule has 1 amide bonds. The quantitative estimate of drug-likeness (QED) is 0.610. The number of hydrogen-bond donors (Lipinski definition) is 2. The molecule has 0 spiro atoms. The van der Waals surface area contributed by atoms with Gasteiger partial charge in [0.05, 0.1) is 29.1 Å². The second-order valence-electron chi connectivity index (χ2n) is 5.95. The summed E-state index contributed by atoms with van der Waals surface area (Å²) in [5, 5.41) is 15.1. The number of methoxy groups -OCH3 is 1. The molecule has 2 N–H and O–H groups in total. The van der Waals surface area contributed by atoms with E-state index in [0.29, 0.717) is 6.07 Å². The van der Waals surface area contributed by atoms with Crippen LogP contribution in [-0.4, -0.2) is 33.9 Å². The van der Waals surface area contributed by atoms with Crippen molar-refractivity contribution in [2.24, 2.45) is 0 Å². The van der Waals surface area contributed by atoms with Crippen molar-refractivity contribution in [2.75, 3.05) is 12.4 Å². The first-order valence-electron chi connectivity index (χ1n) is 8.26. The summed E-state index contributed by atoms with van der Waals surface area (Å²) in [6, 6.07) is 10.2. The molecule has 0 saturated heterocycles. The number of ether oxygens (including phenoxy) is 1. The van der Waals surface area contributed by atoms with E-state index in [1.165, 1.54) is 37.4 Å². The van der Waals surface area contributed by atoms with Crippen molar-refractivity contribution in [3.63, 3.8) is 0 Å². The van der Waals surface area contributed by atoms with Crippen molar-refractivity contribution in [3.8, 4) is 11.4 Å². The Morgan fingerprint density at radius 1 is 1.17 bits per heavy atom. The van der Waals surface area contributed by atoms with E-state index in [2.05, 4.69) is 10.4 Å². The second-order valence-corrected chi connectivity index (χ2v) is 6.36. The Morgan fingerprint density at radius 2 is 1.87 bits per heavy atom. The number of benzene rings is 2. The van der Waals surface area contributed by atoms with Gasteiger partial charge in [-0.05, 0) is 30.3 Å². The maximum Gasteiger partial charge on any atom is 0.435 e. The molecule has 0 saturated carbocycles. The van der Waals surface area contributed by atoms with Crippen molar-refractivity contribution in [1.29, 1.82) is 0 Å². The van der Waals surface area contributed by atoms with Crippen LogP contribution >= 0.6 is 11.6 Å². The number of aromatic carboxylic acids is 1. The molecule has 7 nitrogen and oxygen atoms in total. The maximum absolute atomic E-state index is 13.2. The van der Waals surface area contributed by atoms with Crippen LogP contribution in [0, 0.1) is 0 Å². The van der Waals surface area contributed by atoms with Crippen LogP contribution in [0.25, 0.3) is 5.69 Å². The summed E-state index contributed by atoms with van der Waals surface area (Å²) in [7, 11) is 1.29. The number of alkyl halides is 3. The smallest absolute Gasteiger partial charge is 0.435 e. The molecule has 0 fully saturated rings. The van der Waals surface area contributed by atoms with Crippen molar-refractivity contribution in [2.45, 2.75) is 6.18 Å². The number of para-hydroxylation sites is 1. The predicted molar refractivity (Wildman–Crippen MR) is 101 cm³/mol. The highest BCUT2D eigenvalue weighted by Crippen LogP contribution is 2.32. The molecular weight excluding hydrogens is 427 g/mol. The van der Waals surface area contributed by atoms with E-state index in [4.69, 9.17) is 21.4 Å². The highest BCUT2D eigenvalue weighted by molar-refractivity contribution is 6.32. The van der Waals surface area contributed by atoms with Gasteiger partial charge in [-0.1, -0.05) is 23.7 Å². The van der Waals surface area contributed by atoms with E-state index < -0.39 is 29.4 Å². The largest absolute Gasteiger partial charge is 0.495 e. The van der Waals surface area contributed by atoms with E-state index in [0.717, 1.165) is 10.7 Å². The molecule has 0 aliphatic heterocycles. The van der Waals surface area contributed by atoms with Crippen molar-refractivity contribution in [1.82, 2.24) is 9.78 Å². The van der Waals surface area contributed by atoms with E-state index in [9.17, 15) is 22.8 Å². The minimum atomic E-state index is -4.80. The van der Waals surface area contributed by atoms with Crippen LogP contribution in [0.15, 0.2) is 48.5 Å². The zero-order chi connectivity index (χ0) is 22.1. The molecule has 11 heteroatoms. The number of rotatable bonds is 5. The van der Waals surface area contributed by atoms with Gasteiger partial charge in [0, 0.05) is 6.07 Å². The van der Waals surface area contributed by atoms with E-state index >= 15 is 0 Å². The summed E-state index contributed by atoms with van der Waals surface area (Å²) in [5.41, 5.74) is -1.88. The number of nitrogens with one attached hydrogen (secondary N) is 1. The number of hydrogen-bond acceptors (Lipinski definition) is 4. The fourth-order valence-corrected chi connectivity index (χ4v) is 2.83. The van der Waals surface area contributed by atoms with Crippen LogP contribution in [0.2, 0.25) is 5.02 Å². The average molecular weight is 440 g/mol. The van der Waals surface area contributed by atoms with Gasteiger partial charge in [-0.2, -0.15) is 18.3 Å². The second kappa shape index (κ2) is 8.07. The summed E-state index contributed by atoms with van der Waals surface area (Å²) in [6.45, 7) is 0. The maximum atomic E-state index is 13.2. The molecule has 1 heterocycles. The number of carboxylic acids is 1. The number of anilines is 1. The Labute approximate surface area is 172 Å². The van der Waals surface area contributed by atoms with Gasteiger partial charge in [-0.15, -0.1) is 0 Å². The minimum absolute atomic E-state index is 0.0390. The highest BCUT2D eigenvalue weighted by atomic mass is 35.5. The van der Waals surface area contributed by atoms with Gasteiger partial charge in [-0.3, -0.25) is 4.79 Å². The molecule has 0 atom stereocenters. The molecule has 2 aromatic carbocycles. The molecule has 0 bridgehead atoms. The molecule has 0 aliphatic rings. The summed E-state index contributed by atoms with van der Waals surface area (Å²) in [6.07, 6.45) is -4.80. The van der Waals surface area contributed by atoms with Gasteiger partial charge in [0.2, 0.25) is 0 Å². The van der Waals surface area contributed by atoms with Crippen molar-refractivity contribution in [3.05, 3.63) is 70.5 Å². The standard InChI is InChI=1S/C19H13ClF3N3O4/c1-30-15-7-6-10(18(28)29)8-12(15)24-17(27)14-9-16(19(21,22)23)25-26(14)13-5-3-2-4-11(13)20/h2-9H,1H3,(H,24,27)(H,28,29). The van der Waals surface area contributed by atoms with Crippen LogP contribution < -0.4 is 10.1 Å². The number of carboxylic acid groups (broad SMARTS) is 1. The number of amides is 1. The third kappa shape index (κ3) is 4.23. The predicted octanol–water partition coefficient (Wildman–Crippen LogP) is 4.50. The molecule has 0 unspecified atom stereocenters. The minimum Gasteiger partial charge on any atom is -0.495 e. The normalized spacial score (nSPS) is 11.2. The van der Waals surface area contributed by atoms with E-state index in [1.54, 1.807) is 6.07 Å². The molecule has 0 radical (unpaired) electrons. The Bertz CT molecular complexity index is 1130. The first-order chi connectivity index (χ1) is 14.1. The zero-order valence-electron chi connectivity index (χ0n) is 15.2. The van der Waals surface area contributed by atoms with E-state index in [-0.39, 0.29) is 27.7 Å². The summed E-state index contributed by atoms with van der Waals surface area (Å²) >= 11 is 6.06. The molecule has 1 aromatic heterocycles. The topological polar surface area (TPSA) is 93.4 Å². The fraction of sp³-hybridized carbons (Fsp3) is 0.105. The molecule has 3 rings (SSSR count). The lowest BCUT2D eigenvalue weighted by molar-refractivity contribution is -0.141. The van der Waals surface area contributed by atoms with Gasteiger partial charge in [-0.25, -0.2) is 9.48 Å². The highest BCUT2D eigenvalue weighted by Gasteiger charge is 2.36. The molecule has 3 aromatic rings. The van der Waals surface area contributed by atoms with E-state index in [1.807, 2.05) is 0 Å². The fourth-order valence-electron chi connectivity index (χ4n) is 2.61. The lowest BCUT2D eigenvalue weighted by Crippen LogP contribution is -2.18. The number of halogens is 4. The van der Waals surface area contributed by atoms with Crippen LogP contribution in [-0.2, 0) is 6.18 Å². The van der Waals surface area contributed by atoms with Gasteiger partial charge < -0.3 is 15.2 Å². The lowest BCUT2D eigenvalue weighted by Gasteiger charge is -2.12. The van der Waals surface area contributed by atoms with Crippen molar-refractivity contribution < 1.29 is 32.6 Å². The van der Waals surface area contributed by atoms with Crippen LogP contribution in [0.1, 0.15) is 26.5 Å². The Kier molecular flexibility index (Phi) is 5.70. The van der Waals surface area contributed by atoms with Gasteiger partial charge >= 0.3 is 12.1 Å². The average Bonchev–Trinajstić information content (AvgIpc) is 3.14. The molecule has 30 heavy (non-hydrogen) atoms. The third-order valence-corrected chi connectivity index (χ3v) is 4.33. The monoisotopic (exact) mass is 439 g/mol. The van der Waals surface area contributed by atoms with Gasteiger partial charge in [0.15, 0.2) is 5.69 Å². The Morgan fingerprint density at radius 3 is 2.47 bits per heavy atom. The van der Waals surface area contributed by atoms with Gasteiger partial charge in [0.25, 0.3) is 5.91 Å². The number of nitrogens with zero attached hydrogens (tertiary/aromatic N) is 2. The first kappa shape index (κ1) is 21.2. The van der Waals surface area contributed by atoms with Crippen LogP contribution in [0.3, 0.4) is 0 Å². The third-order valence-electron chi connectivity index (χ3n) is 4.01. The molecule has 0 aliphatic carbocycles. The SMILES string of the molecule is COc1ccc(C(=O)O)cc1NC(=O)c1cc(C(F)(F)F)nn1-c1ccccc1Cl. The lowest BCUT2D eigenvalue weighted by atomic mass is 10.2. The number of aromatic nitrogens is 2. The first-order valence-corrected chi connectivity index (χ1v) is 8.64. The number of carbonyl (C=O) groups is 2. The summed E-state index contributed by atoms with van der Waals surface area (Å²) < 4.78 is 45.5.